The van der Waals surface area contributed by atoms with Gasteiger partial charge in [-0.05, 0) is 40.9 Å². The molecule has 0 aromatic carbocycles. The zero-order valence-corrected chi connectivity index (χ0v) is 14.0. The molecular weight excluding hydrogens is 308 g/mol. The van der Waals surface area contributed by atoms with Gasteiger partial charge in [0.25, 0.3) is 0 Å². The van der Waals surface area contributed by atoms with E-state index in [0.717, 1.165) is 44.8 Å². The lowest BCUT2D eigenvalue weighted by Gasteiger charge is -2.53. The standard InChI is InChI=1S/C18H22N2O2S/c1-2-6-19-16(3-1)11-21-17-4-7-22-18(9-17)13-20(14-18)10-15-5-8-23-12-15/h1-3,5-6,8,12,17H,4,7,9-11,13-14H2/t17-/m0/s1. The third kappa shape index (κ3) is 3.63. The summed E-state index contributed by atoms with van der Waals surface area (Å²) in [5.41, 5.74) is 2.42. The molecule has 0 saturated carbocycles. The molecule has 2 fully saturated rings. The highest BCUT2D eigenvalue weighted by Gasteiger charge is 2.47. The van der Waals surface area contributed by atoms with Crippen molar-refractivity contribution in [3.8, 4) is 0 Å². The van der Waals surface area contributed by atoms with Crippen LogP contribution in [0.2, 0.25) is 0 Å². The average Bonchev–Trinajstić information content (AvgIpc) is 3.06. The highest BCUT2D eigenvalue weighted by Crippen LogP contribution is 2.36. The maximum Gasteiger partial charge on any atom is 0.0959 e. The van der Waals surface area contributed by atoms with Crippen molar-refractivity contribution < 1.29 is 9.47 Å². The summed E-state index contributed by atoms with van der Waals surface area (Å²) in [7, 11) is 0. The first-order valence-corrected chi connectivity index (χ1v) is 9.15. The minimum atomic E-state index is 0.0169. The Kier molecular flexibility index (Phi) is 4.44. The molecule has 4 rings (SSSR count). The Hall–Kier alpha value is -1.27. The molecule has 2 aliphatic heterocycles. The number of pyridine rings is 1. The molecule has 0 aliphatic carbocycles. The van der Waals surface area contributed by atoms with E-state index in [2.05, 4.69) is 26.7 Å². The molecule has 23 heavy (non-hydrogen) atoms. The van der Waals surface area contributed by atoms with Gasteiger partial charge in [0.05, 0.1) is 24.0 Å². The number of likely N-dealkylation sites (tertiary alicyclic amines) is 1. The van der Waals surface area contributed by atoms with Crippen molar-refractivity contribution in [2.75, 3.05) is 19.7 Å². The summed E-state index contributed by atoms with van der Waals surface area (Å²) >= 11 is 1.76. The molecule has 2 aliphatic rings. The van der Waals surface area contributed by atoms with E-state index in [9.17, 15) is 0 Å². The Bertz CT molecular complexity index is 611. The van der Waals surface area contributed by atoms with Crippen LogP contribution in [-0.2, 0) is 22.6 Å². The van der Waals surface area contributed by atoms with Gasteiger partial charge in [-0.1, -0.05) is 6.07 Å². The summed E-state index contributed by atoms with van der Waals surface area (Å²) in [6, 6.07) is 8.16. The maximum absolute atomic E-state index is 6.10. The van der Waals surface area contributed by atoms with Gasteiger partial charge in [0.2, 0.25) is 0 Å². The van der Waals surface area contributed by atoms with Gasteiger partial charge in [0, 0.05) is 38.9 Å². The van der Waals surface area contributed by atoms with Gasteiger partial charge in [0.1, 0.15) is 0 Å². The Morgan fingerprint density at radius 3 is 3.09 bits per heavy atom. The third-order valence-electron chi connectivity index (χ3n) is 4.65. The molecule has 1 spiro atoms. The molecule has 4 nitrogen and oxygen atoms in total. The average molecular weight is 330 g/mol. The van der Waals surface area contributed by atoms with Crippen molar-refractivity contribution in [1.29, 1.82) is 0 Å². The van der Waals surface area contributed by atoms with Crippen LogP contribution >= 0.6 is 11.3 Å². The lowest BCUT2D eigenvalue weighted by atomic mass is 9.84. The van der Waals surface area contributed by atoms with Gasteiger partial charge in [-0.3, -0.25) is 9.88 Å². The number of hydrogen-bond donors (Lipinski definition) is 0. The van der Waals surface area contributed by atoms with Crippen molar-refractivity contribution in [2.24, 2.45) is 0 Å². The molecule has 0 amide bonds. The third-order valence-corrected chi connectivity index (χ3v) is 5.38. The van der Waals surface area contributed by atoms with Crippen LogP contribution in [0.4, 0.5) is 0 Å². The SMILES string of the molecule is c1ccc(CO[C@H]2CCOC3(C2)CN(Cc2ccsc2)C3)nc1. The van der Waals surface area contributed by atoms with Crippen molar-refractivity contribution in [3.05, 3.63) is 52.5 Å². The number of rotatable bonds is 5. The first-order chi connectivity index (χ1) is 11.3. The van der Waals surface area contributed by atoms with Gasteiger partial charge in [-0.25, -0.2) is 0 Å². The molecule has 0 radical (unpaired) electrons. The van der Waals surface area contributed by atoms with Gasteiger partial charge in [-0.15, -0.1) is 0 Å². The summed E-state index contributed by atoms with van der Waals surface area (Å²) in [5, 5.41) is 4.37. The molecule has 0 bridgehead atoms. The van der Waals surface area contributed by atoms with Gasteiger partial charge < -0.3 is 9.47 Å². The zero-order chi connectivity index (χ0) is 15.5. The highest BCUT2D eigenvalue weighted by atomic mass is 32.1. The van der Waals surface area contributed by atoms with Crippen LogP contribution in [0.1, 0.15) is 24.1 Å². The number of nitrogens with zero attached hydrogens (tertiary/aromatic N) is 2. The fourth-order valence-corrected chi connectivity index (χ4v) is 4.21. The van der Waals surface area contributed by atoms with E-state index in [1.54, 1.807) is 11.3 Å². The molecule has 5 heteroatoms. The molecule has 2 aromatic heterocycles. The van der Waals surface area contributed by atoms with Crippen LogP contribution in [0.3, 0.4) is 0 Å². The van der Waals surface area contributed by atoms with Crippen LogP contribution in [0.25, 0.3) is 0 Å². The first kappa shape index (κ1) is 15.3. The fraction of sp³-hybridized carbons (Fsp3) is 0.500. The molecule has 1 atom stereocenters. The topological polar surface area (TPSA) is 34.6 Å². The number of thiophene rings is 1. The Labute approximate surface area is 141 Å². The van der Waals surface area contributed by atoms with Crippen LogP contribution < -0.4 is 0 Å². The lowest BCUT2D eigenvalue weighted by Crippen LogP contribution is -2.65. The Balaban J connectivity index is 1.27. The van der Waals surface area contributed by atoms with Crippen LogP contribution in [0.15, 0.2) is 41.2 Å². The van der Waals surface area contributed by atoms with E-state index in [4.69, 9.17) is 9.47 Å². The fourth-order valence-electron chi connectivity index (χ4n) is 3.55. The molecule has 0 N–H and O–H groups in total. The lowest BCUT2D eigenvalue weighted by molar-refractivity contribution is -0.200. The van der Waals surface area contributed by atoms with Crippen molar-refractivity contribution in [1.82, 2.24) is 9.88 Å². The summed E-state index contributed by atoms with van der Waals surface area (Å²) in [4.78, 5) is 6.79. The van der Waals surface area contributed by atoms with Gasteiger partial charge in [0.15, 0.2) is 0 Å². The molecule has 4 heterocycles. The molecule has 0 unspecified atom stereocenters. The number of ether oxygens (including phenoxy) is 2. The van der Waals surface area contributed by atoms with Gasteiger partial charge >= 0.3 is 0 Å². The maximum atomic E-state index is 6.10. The van der Waals surface area contributed by atoms with E-state index in [0.29, 0.717) is 6.61 Å². The molecular formula is C18H22N2O2S. The van der Waals surface area contributed by atoms with E-state index in [1.807, 2.05) is 24.4 Å². The number of hydrogen-bond acceptors (Lipinski definition) is 5. The van der Waals surface area contributed by atoms with Crippen molar-refractivity contribution in [3.63, 3.8) is 0 Å². The minimum Gasteiger partial charge on any atom is -0.372 e. The predicted octanol–water partition coefficient (Wildman–Crippen LogP) is 3.09. The Morgan fingerprint density at radius 2 is 2.30 bits per heavy atom. The largest absolute Gasteiger partial charge is 0.372 e. The van der Waals surface area contributed by atoms with Crippen molar-refractivity contribution >= 4 is 11.3 Å². The highest BCUT2D eigenvalue weighted by molar-refractivity contribution is 7.07. The van der Waals surface area contributed by atoms with E-state index < -0.39 is 0 Å². The molecule has 122 valence electrons. The van der Waals surface area contributed by atoms with Crippen molar-refractivity contribution in [2.45, 2.75) is 37.7 Å². The van der Waals surface area contributed by atoms with E-state index in [1.165, 1.54) is 5.56 Å². The molecule has 2 aromatic rings. The van der Waals surface area contributed by atoms with E-state index in [-0.39, 0.29) is 11.7 Å². The quantitative estimate of drug-likeness (QED) is 0.844. The second-order valence-corrected chi connectivity index (χ2v) is 7.34. The molecule has 2 saturated heterocycles. The Morgan fingerprint density at radius 1 is 1.35 bits per heavy atom. The second-order valence-electron chi connectivity index (χ2n) is 6.56. The number of aromatic nitrogens is 1. The summed E-state index contributed by atoms with van der Waals surface area (Å²) < 4.78 is 12.2. The normalized spacial score (nSPS) is 23.7. The summed E-state index contributed by atoms with van der Waals surface area (Å²) in [5.74, 6) is 0. The van der Waals surface area contributed by atoms with Crippen LogP contribution in [-0.4, -0.2) is 41.3 Å². The van der Waals surface area contributed by atoms with Gasteiger partial charge in [-0.2, -0.15) is 11.3 Å². The van der Waals surface area contributed by atoms with Crippen LogP contribution in [0.5, 0.6) is 0 Å². The first-order valence-electron chi connectivity index (χ1n) is 8.20. The monoisotopic (exact) mass is 330 g/mol. The summed E-state index contributed by atoms with van der Waals surface area (Å²) in [6.07, 6.45) is 4.09. The zero-order valence-electron chi connectivity index (χ0n) is 13.2. The predicted molar refractivity (Wildman–Crippen MR) is 90.3 cm³/mol. The second kappa shape index (κ2) is 6.69. The summed E-state index contributed by atoms with van der Waals surface area (Å²) in [6.45, 7) is 4.48. The van der Waals surface area contributed by atoms with E-state index >= 15 is 0 Å². The smallest absolute Gasteiger partial charge is 0.0959 e. The minimum absolute atomic E-state index is 0.0169. The van der Waals surface area contributed by atoms with Crippen LogP contribution in [0, 0.1) is 0 Å².